The summed E-state index contributed by atoms with van der Waals surface area (Å²) in [6, 6.07) is 17.8. The Morgan fingerprint density at radius 1 is 1.03 bits per heavy atom. The molecule has 0 bridgehead atoms. The second kappa shape index (κ2) is 11.6. The minimum atomic E-state index is -0.842. The largest absolute Gasteiger partial charge is 0.497 e. The molecule has 0 radical (unpaired) electrons. The molecule has 2 atom stereocenters. The number of benzene rings is 3. The number of hydrogen-bond donors (Lipinski definition) is 2. The summed E-state index contributed by atoms with van der Waals surface area (Å²) in [5, 5.41) is 20.6. The summed E-state index contributed by atoms with van der Waals surface area (Å²) in [5.41, 5.74) is 2.92. The van der Waals surface area contributed by atoms with Gasteiger partial charge >= 0.3 is 5.97 Å². The molecule has 38 heavy (non-hydrogen) atoms. The fourth-order valence-electron chi connectivity index (χ4n) is 4.81. The van der Waals surface area contributed by atoms with Gasteiger partial charge in [0.05, 0.1) is 19.6 Å². The third-order valence-corrected chi connectivity index (χ3v) is 7.17. The number of hydrogen-bond acceptors (Lipinski definition) is 4. The molecule has 3 aromatic carbocycles. The lowest BCUT2D eigenvalue weighted by Crippen LogP contribution is -2.19. The van der Waals surface area contributed by atoms with Gasteiger partial charge in [0, 0.05) is 5.56 Å². The maximum Gasteiger partial charge on any atom is 0.303 e. The quantitative estimate of drug-likeness (QED) is 0.273. The van der Waals surface area contributed by atoms with Crippen molar-refractivity contribution in [3.8, 4) is 22.6 Å². The molecule has 6 heteroatoms. The topological polar surface area (TPSA) is 76.0 Å². The third-order valence-electron chi connectivity index (χ3n) is 7.17. The van der Waals surface area contributed by atoms with Crippen molar-refractivity contribution in [3.05, 3.63) is 83.2 Å². The molecular formula is C32H37FO5. The van der Waals surface area contributed by atoms with Crippen LogP contribution in [0.3, 0.4) is 0 Å². The van der Waals surface area contributed by atoms with Crippen LogP contribution in [-0.4, -0.2) is 23.3 Å². The van der Waals surface area contributed by atoms with Crippen molar-refractivity contribution in [2.75, 3.05) is 7.11 Å². The first kappa shape index (κ1) is 27.6. The molecule has 202 valence electrons. The van der Waals surface area contributed by atoms with E-state index in [1.54, 1.807) is 12.1 Å². The SMILES string of the molecule is COc1ccc(F)c(-c2ccc(COc3cccc([C@H](CC(=O)O)CC4CC4)c3)cc2[C@@H](O)C(C)(C)C)c1. The van der Waals surface area contributed by atoms with E-state index in [-0.39, 0.29) is 18.9 Å². The van der Waals surface area contributed by atoms with Crippen LogP contribution in [-0.2, 0) is 11.4 Å². The zero-order chi connectivity index (χ0) is 27.4. The maximum absolute atomic E-state index is 14.9. The van der Waals surface area contributed by atoms with Crippen LogP contribution in [0, 0.1) is 17.2 Å². The van der Waals surface area contributed by atoms with E-state index < -0.39 is 23.3 Å². The molecular weight excluding hydrogens is 483 g/mol. The Bertz CT molecular complexity index is 1280. The molecule has 0 saturated heterocycles. The smallest absolute Gasteiger partial charge is 0.303 e. The van der Waals surface area contributed by atoms with E-state index in [1.807, 2.05) is 63.2 Å². The Kier molecular flexibility index (Phi) is 8.41. The molecule has 2 N–H and O–H groups in total. The maximum atomic E-state index is 14.9. The first-order valence-electron chi connectivity index (χ1n) is 13.1. The number of rotatable bonds is 11. The van der Waals surface area contributed by atoms with E-state index in [4.69, 9.17) is 9.47 Å². The zero-order valence-corrected chi connectivity index (χ0v) is 22.5. The van der Waals surface area contributed by atoms with Crippen LogP contribution in [0.15, 0.2) is 60.7 Å². The van der Waals surface area contributed by atoms with Gasteiger partial charge in [-0.2, -0.15) is 0 Å². The van der Waals surface area contributed by atoms with E-state index in [9.17, 15) is 19.4 Å². The number of carboxylic acid groups (broad SMARTS) is 1. The lowest BCUT2D eigenvalue weighted by atomic mass is 9.81. The lowest BCUT2D eigenvalue weighted by Gasteiger charge is -2.28. The minimum Gasteiger partial charge on any atom is -0.497 e. The van der Waals surface area contributed by atoms with Crippen LogP contribution >= 0.6 is 0 Å². The van der Waals surface area contributed by atoms with Gasteiger partial charge in [-0.05, 0) is 82.3 Å². The van der Waals surface area contributed by atoms with Crippen molar-refractivity contribution in [1.82, 2.24) is 0 Å². The molecule has 1 saturated carbocycles. The first-order chi connectivity index (χ1) is 18.0. The molecule has 0 spiro atoms. The van der Waals surface area contributed by atoms with Crippen molar-refractivity contribution >= 4 is 5.97 Å². The summed E-state index contributed by atoms with van der Waals surface area (Å²) in [6.45, 7) is 6.06. The van der Waals surface area contributed by atoms with Crippen molar-refractivity contribution in [3.63, 3.8) is 0 Å². The lowest BCUT2D eigenvalue weighted by molar-refractivity contribution is -0.137. The Balaban J connectivity index is 1.60. The number of aliphatic hydroxyl groups is 1. The van der Waals surface area contributed by atoms with Gasteiger partial charge in [-0.1, -0.05) is 57.9 Å². The average molecular weight is 521 g/mol. The zero-order valence-electron chi connectivity index (χ0n) is 22.5. The highest BCUT2D eigenvalue weighted by atomic mass is 19.1. The monoisotopic (exact) mass is 520 g/mol. The van der Waals surface area contributed by atoms with Gasteiger partial charge in [0.15, 0.2) is 0 Å². The molecule has 0 amide bonds. The predicted molar refractivity (Wildman–Crippen MR) is 146 cm³/mol. The highest BCUT2D eigenvalue weighted by molar-refractivity contribution is 5.70. The average Bonchev–Trinajstić information content (AvgIpc) is 3.70. The number of ether oxygens (including phenoxy) is 2. The molecule has 1 fully saturated rings. The van der Waals surface area contributed by atoms with Crippen LogP contribution < -0.4 is 9.47 Å². The number of aliphatic carboxylic acids is 1. The Hall–Kier alpha value is -3.38. The fraction of sp³-hybridized carbons (Fsp3) is 0.406. The Morgan fingerprint density at radius 3 is 2.45 bits per heavy atom. The summed E-state index contributed by atoms with van der Waals surface area (Å²) in [4.78, 5) is 11.4. The van der Waals surface area contributed by atoms with Crippen molar-refractivity contribution in [1.29, 1.82) is 0 Å². The third kappa shape index (κ3) is 6.93. The van der Waals surface area contributed by atoms with Gasteiger partial charge in [0.25, 0.3) is 0 Å². The number of methoxy groups -OCH3 is 1. The fourth-order valence-corrected chi connectivity index (χ4v) is 4.81. The van der Waals surface area contributed by atoms with Crippen LogP contribution in [0.5, 0.6) is 11.5 Å². The molecule has 1 aliphatic rings. The van der Waals surface area contributed by atoms with Gasteiger partial charge < -0.3 is 19.7 Å². The number of carbonyl (C=O) groups is 1. The predicted octanol–water partition coefficient (Wildman–Crippen LogP) is 7.52. The summed E-state index contributed by atoms with van der Waals surface area (Å²) in [6.07, 6.45) is 2.49. The molecule has 3 aromatic rings. The summed E-state index contributed by atoms with van der Waals surface area (Å²) >= 11 is 0. The van der Waals surface area contributed by atoms with Gasteiger partial charge in [-0.15, -0.1) is 0 Å². The van der Waals surface area contributed by atoms with E-state index >= 15 is 0 Å². The first-order valence-corrected chi connectivity index (χ1v) is 13.1. The minimum absolute atomic E-state index is 0.0332. The Labute approximate surface area is 224 Å². The molecule has 1 aliphatic carbocycles. The van der Waals surface area contributed by atoms with Crippen LogP contribution in [0.4, 0.5) is 4.39 Å². The highest BCUT2D eigenvalue weighted by Gasteiger charge is 2.29. The van der Waals surface area contributed by atoms with Crippen molar-refractivity contribution < 1.29 is 28.9 Å². The molecule has 5 nitrogen and oxygen atoms in total. The van der Waals surface area contributed by atoms with Crippen LogP contribution in [0.25, 0.3) is 11.1 Å². The van der Waals surface area contributed by atoms with Crippen LogP contribution in [0.1, 0.15) is 75.2 Å². The van der Waals surface area contributed by atoms with Crippen LogP contribution in [0.2, 0.25) is 0 Å². The molecule has 0 unspecified atom stereocenters. The molecule has 4 rings (SSSR count). The normalized spacial score (nSPS) is 15.1. The summed E-state index contributed by atoms with van der Waals surface area (Å²) in [7, 11) is 1.53. The summed E-state index contributed by atoms with van der Waals surface area (Å²) < 4.78 is 26.3. The molecule has 0 aromatic heterocycles. The standard InChI is InChI=1S/C32H37FO5/c1-32(2,3)31(36)28-15-21(10-12-26(28)27-18-24(37-4)11-13-29(27)33)19-38-25-7-5-6-22(16-25)23(17-30(34)35)14-20-8-9-20/h5-7,10-13,15-16,18,20,23,31,36H,8-9,14,17,19H2,1-4H3,(H,34,35)/t23-,31+/m0/s1. The second-order valence-electron chi connectivity index (χ2n) is 11.4. The van der Waals surface area contributed by atoms with E-state index in [1.165, 1.54) is 26.0 Å². The van der Waals surface area contributed by atoms with E-state index in [2.05, 4.69) is 0 Å². The summed E-state index contributed by atoms with van der Waals surface area (Å²) in [5.74, 6) is 0.594. The number of carboxylic acids is 1. The molecule has 0 aliphatic heterocycles. The van der Waals surface area contributed by atoms with Crippen molar-refractivity contribution in [2.45, 2.75) is 65.1 Å². The van der Waals surface area contributed by atoms with Gasteiger partial charge in [0.1, 0.15) is 23.9 Å². The Morgan fingerprint density at radius 2 is 1.79 bits per heavy atom. The van der Waals surface area contributed by atoms with E-state index in [0.29, 0.717) is 34.1 Å². The second-order valence-corrected chi connectivity index (χ2v) is 11.4. The number of halogens is 1. The number of aliphatic hydroxyl groups excluding tert-OH is 1. The van der Waals surface area contributed by atoms with Gasteiger partial charge in [-0.25, -0.2) is 4.39 Å². The highest BCUT2D eigenvalue weighted by Crippen LogP contribution is 2.42. The van der Waals surface area contributed by atoms with Gasteiger partial charge in [0.2, 0.25) is 0 Å². The van der Waals surface area contributed by atoms with Crippen molar-refractivity contribution in [2.24, 2.45) is 11.3 Å². The molecule has 0 heterocycles. The van der Waals surface area contributed by atoms with E-state index in [0.717, 1.165) is 17.5 Å². The van der Waals surface area contributed by atoms with Gasteiger partial charge in [-0.3, -0.25) is 4.79 Å².